The highest BCUT2D eigenvalue weighted by atomic mass is 127. The minimum atomic E-state index is -0.169. The molecule has 1 aliphatic heterocycles. The van der Waals surface area contributed by atoms with Gasteiger partial charge in [0.25, 0.3) is 0 Å². The van der Waals surface area contributed by atoms with E-state index in [4.69, 9.17) is 26.1 Å². The predicted molar refractivity (Wildman–Crippen MR) is 137 cm³/mol. The van der Waals surface area contributed by atoms with Gasteiger partial charge in [-0.3, -0.25) is 9.98 Å². The van der Waals surface area contributed by atoms with Crippen molar-refractivity contribution >= 4 is 41.5 Å². The highest BCUT2D eigenvalue weighted by molar-refractivity contribution is 14.0. The summed E-state index contributed by atoms with van der Waals surface area (Å²) in [4.78, 5) is 9.32. The van der Waals surface area contributed by atoms with Crippen LogP contribution in [-0.4, -0.2) is 50.9 Å². The van der Waals surface area contributed by atoms with Crippen molar-refractivity contribution < 1.29 is 9.47 Å². The minimum absolute atomic E-state index is 0. The van der Waals surface area contributed by atoms with E-state index >= 15 is 0 Å². The average molecular weight is 559 g/mol. The molecule has 1 aromatic heterocycles. The van der Waals surface area contributed by atoms with Crippen LogP contribution in [0.4, 0.5) is 0 Å². The second kappa shape index (κ2) is 13.1. The molecule has 8 heteroatoms. The van der Waals surface area contributed by atoms with Gasteiger partial charge in [-0.05, 0) is 50.1 Å². The molecular weight excluding hydrogens is 527 g/mol. The summed E-state index contributed by atoms with van der Waals surface area (Å²) in [6, 6.07) is 11.8. The molecule has 0 bridgehead atoms. The summed E-state index contributed by atoms with van der Waals surface area (Å²) in [7, 11) is 1.70. The lowest BCUT2D eigenvalue weighted by molar-refractivity contribution is 0.0523. The Balaban J connectivity index is 0.00000341. The van der Waals surface area contributed by atoms with E-state index in [1.807, 2.05) is 42.6 Å². The molecule has 0 aliphatic carbocycles. The lowest BCUT2D eigenvalue weighted by atomic mass is 9.73. The van der Waals surface area contributed by atoms with Gasteiger partial charge in [-0.2, -0.15) is 0 Å². The van der Waals surface area contributed by atoms with E-state index in [0.29, 0.717) is 24.8 Å². The molecule has 2 heterocycles. The van der Waals surface area contributed by atoms with Gasteiger partial charge in [-0.15, -0.1) is 24.0 Å². The number of pyridine rings is 1. The number of nitrogens with one attached hydrogen (secondary N) is 2. The third-order valence-electron chi connectivity index (χ3n) is 5.47. The van der Waals surface area contributed by atoms with Crippen molar-refractivity contribution in [2.75, 3.05) is 40.0 Å². The van der Waals surface area contributed by atoms with Crippen molar-refractivity contribution in [1.29, 1.82) is 0 Å². The number of guanidine groups is 1. The predicted octanol–water partition coefficient (Wildman–Crippen LogP) is 4.21. The molecule has 1 saturated heterocycles. The Bertz CT molecular complexity index is 830. The number of ether oxygens (including phenoxy) is 2. The van der Waals surface area contributed by atoms with E-state index in [1.54, 1.807) is 7.11 Å². The van der Waals surface area contributed by atoms with Crippen LogP contribution in [0.2, 0.25) is 5.02 Å². The zero-order valence-corrected chi connectivity index (χ0v) is 21.3. The molecule has 1 aliphatic rings. The first-order chi connectivity index (χ1) is 14.7. The van der Waals surface area contributed by atoms with Crippen molar-refractivity contribution in [2.45, 2.75) is 31.6 Å². The Morgan fingerprint density at radius 1 is 1.23 bits per heavy atom. The summed E-state index contributed by atoms with van der Waals surface area (Å²) >= 11 is 6.34. The standard InChI is InChI=1S/C23H31ClN4O2.HI/c1-3-25-22(27-13-9-19-6-4-5-12-26-19)28-17-23(10-14-30-15-11-23)20-16-18(24)7-8-21(20)29-2;/h4-8,12,16H,3,9-11,13-15,17H2,1-2H3,(H2,25,27,28);1H. The number of hydrogen-bond acceptors (Lipinski definition) is 4. The first-order valence-corrected chi connectivity index (χ1v) is 10.9. The fraction of sp³-hybridized carbons (Fsp3) is 0.478. The van der Waals surface area contributed by atoms with Crippen molar-refractivity contribution in [1.82, 2.24) is 15.6 Å². The van der Waals surface area contributed by atoms with Crippen molar-refractivity contribution in [3.05, 3.63) is 58.9 Å². The van der Waals surface area contributed by atoms with Crippen molar-refractivity contribution in [3.63, 3.8) is 0 Å². The van der Waals surface area contributed by atoms with Crippen LogP contribution in [0, 0.1) is 0 Å². The Kier molecular flexibility index (Phi) is 10.8. The first kappa shape index (κ1) is 25.7. The Morgan fingerprint density at radius 2 is 2.03 bits per heavy atom. The fourth-order valence-corrected chi connectivity index (χ4v) is 3.97. The van der Waals surface area contributed by atoms with E-state index in [2.05, 4.69) is 22.5 Å². The van der Waals surface area contributed by atoms with Crippen LogP contribution in [0.15, 0.2) is 47.6 Å². The molecule has 31 heavy (non-hydrogen) atoms. The number of aromatic nitrogens is 1. The Morgan fingerprint density at radius 3 is 2.71 bits per heavy atom. The summed E-state index contributed by atoms with van der Waals surface area (Å²) in [5.74, 6) is 1.66. The molecule has 3 rings (SSSR count). The van der Waals surface area contributed by atoms with Crippen LogP contribution < -0.4 is 15.4 Å². The van der Waals surface area contributed by atoms with E-state index in [0.717, 1.165) is 55.3 Å². The van der Waals surface area contributed by atoms with Gasteiger partial charge in [-0.25, -0.2) is 0 Å². The molecule has 0 spiro atoms. The number of nitrogens with zero attached hydrogens (tertiary/aromatic N) is 2. The fourth-order valence-electron chi connectivity index (χ4n) is 3.80. The second-order valence-corrected chi connectivity index (χ2v) is 7.87. The summed E-state index contributed by atoms with van der Waals surface area (Å²) < 4.78 is 11.3. The number of aliphatic imine (C=N–C) groups is 1. The molecule has 0 atom stereocenters. The molecule has 1 aromatic carbocycles. The molecule has 0 saturated carbocycles. The maximum atomic E-state index is 6.34. The molecule has 1 fully saturated rings. The minimum Gasteiger partial charge on any atom is -0.496 e. The molecule has 0 radical (unpaired) electrons. The molecule has 0 amide bonds. The number of rotatable bonds is 8. The number of hydrogen-bond donors (Lipinski definition) is 2. The second-order valence-electron chi connectivity index (χ2n) is 7.43. The van der Waals surface area contributed by atoms with E-state index in [-0.39, 0.29) is 29.4 Å². The van der Waals surface area contributed by atoms with Gasteiger partial charge in [0.05, 0.1) is 13.7 Å². The summed E-state index contributed by atoms with van der Waals surface area (Å²) in [6.45, 7) is 5.67. The zero-order chi connectivity index (χ0) is 21.2. The molecule has 2 aromatic rings. The van der Waals surface area contributed by atoms with Crippen LogP contribution >= 0.6 is 35.6 Å². The largest absolute Gasteiger partial charge is 0.496 e. The Labute approximate surface area is 207 Å². The average Bonchev–Trinajstić information content (AvgIpc) is 2.79. The maximum absolute atomic E-state index is 6.34. The number of benzene rings is 1. The van der Waals surface area contributed by atoms with Crippen molar-refractivity contribution in [3.8, 4) is 5.75 Å². The van der Waals surface area contributed by atoms with Gasteiger partial charge in [0.2, 0.25) is 0 Å². The highest BCUT2D eigenvalue weighted by Crippen LogP contribution is 2.41. The number of methoxy groups -OCH3 is 1. The van der Waals surface area contributed by atoms with E-state index in [1.165, 1.54) is 0 Å². The quantitative estimate of drug-likeness (QED) is 0.289. The van der Waals surface area contributed by atoms with Crippen LogP contribution in [0.5, 0.6) is 5.75 Å². The summed E-state index contributed by atoms with van der Waals surface area (Å²) in [6.07, 6.45) is 4.41. The maximum Gasteiger partial charge on any atom is 0.191 e. The van der Waals surface area contributed by atoms with Gasteiger partial charge in [0.15, 0.2) is 5.96 Å². The summed E-state index contributed by atoms with van der Waals surface area (Å²) in [5, 5.41) is 7.48. The monoisotopic (exact) mass is 558 g/mol. The molecular formula is C23H32ClIN4O2. The Hall–Kier alpha value is -1.58. The van der Waals surface area contributed by atoms with Gasteiger partial charge >= 0.3 is 0 Å². The highest BCUT2D eigenvalue weighted by Gasteiger charge is 2.37. The molecule has 0 unspecified atom stereocenters. The van der Waals surface area contributed by atoms with Crippen molar-refractivity contribution in [2.24, 2.45) is 4.99 Å². The van der Waals surface area contributed by atoms with Gasteiger partial charge in [0.1, 0.15) is 5.75 Å². The van der Waals surface area contributed by atoms with E-state index < -0.39 is 0 Å². The third kappa shape index (κ3) is 7.22. The van der Waals surface area contributed by atoms with E-state index in [9.17, 15) is 0 Å². The topological polar surface area (TPSA) is 67.8 Å². The molecule has 2 N–H and O–H groups in total. The van der Waals surface area contributed by atoms with Crippen LogP contribution in [0.1, 0.15) is 31.0 Å². The molecule has 170 valence electrons. The normalized spacial score (nSPS) is 15.6. The third-order valence-corrected chi connectivity index (χ3v) is 5.70. The molecule has 6 nitrogen and oxygen atoms in total. The zero-order valence-electron chi connectivity index (χ0n) is 18.2. The lowest BCUT2D eigenvalue weighted by Crippen LogP contribution is -2.42. The van der Waals surface area contributed by atoms with Crippen LogP contribution in [0.25, 0.3) is 0 Å². The van der Waals surface area contributed by atoms with Gasteiger partial charge < -0.3 is 20.1 Å². The lowest BCUT2D eigenvalue weighted by Gasteiger charge is -2.37. The summed E-state index contributed by atoms with van der Waals surface area (Å²) in [5.41, 5.74) is 2.00. The van der Waals surface area contributed by atoms with Crippen LogP contribution in [-0.2, 0) is 16.6 Å². The van der Waals surface area contributed by atoms with Gasteiger partial charge in [-0.1, -0.05) is 17.7 Å². The first-order valence-electron chi connectivity index (χ1n) is 10.5. The smallest absolute Gasteiger partial charge is 0.191 e. The van der Waals surface area contributed by atoms with Crippen LogP contribution in [0.3, 0.4) is 0 Å². The SMILES string of the molecule is CCNC(=NCC1(c2cc(Cl)ccc2OC)CCOCC1)NCCc1ccccn1.I. The number of halogens is 2. The van der Waals surface area contributed by atoms with Gasteiger partial charge in [0, 0.05) is 60.6 Å².